The van der Waals surface area contributed by atoms with Crippen molar-refractivity contribution in [3.63, 3.8) is 0 Å². The van der Waals surface area contributed by atoms with Crippen LogP contribution in [0.5, 0.6) is 11.6 Å². The minimum atomic E-state index is -0.475. The van der Waals surface area contributed by atoms with E-state index in [1.165, 1.54) is 10.7 Å². The molecule has 1 aromatic carbocycles. The van der Waals surface area contributed by atoms with E-state index in [0.717, 1.165) is 0 Å². The van der Waals surface area contributed by atoms with Gasteiger partial charge in [0, 0.05) is 38.6 Å². The lowest BCUT2D eigenvalue weighted by Crippen LogP contribution is -2.50. The van der Waals surface area contributed by atoms with Crippen molar-refractivity contribution in [1.29, 1.82) is 0 Å². The second kappa shape index (κ2) is 9.46. The van der Waals surface area contributed by atoms with Crippen LogP contribution in [0.3, 0.4) is 0 Å². The Bertz CT molecular complexity index is 1130. The molecule has 166 valence electrons. The van der Waals surface area contributed by atoms with Crippen LogP contribution in [-0.2, 0) is 0 Å². The highest BCUT2D eigenvalue weighted by Crippen LogP contribution is 2.19. The zero-order chi connectivity index (χ0) is 22.5. The number of piperazine rings is 1. The number of rotatable bonds is 6. The van der Waals surface area contributed by atoms with E-state index in [-0.39, 0.29) is 11.6 Å². The Morgan fingerprint density at radius 3 is 2.38 bits per heavy atom. The number of benzene rings is 1. The number of aromatic nitrogens is 4. The number of carbonyl (C=O) groups excluding carboxylic acids is 1. The molecular weight excluding hydrogens is 412 g/mol. The smallest absolute Gasteiger partial charge is 0.278 e. The monoisotopic (exact) mass is 436 g/mol. The fourth-order valence-corrected chi connectivity index (χ4v) is 3.46. The summed E-state index contributed by atoms with van der Waals surface area (Å²) in [4.78, 5) is 38.0. The Balaban J connectivity index is 1.58. The average molecular weight is 436 g/mol. The number of hydrogen-bond donors (Lipinski definition) is 0. The zero-order valence-corrected chi connectivity index (χ0v) is 18.0. The lowest BCUT2D eigenvalue weighted by atomic mass is 10.2. The van der Waals surface area contributed by atoms with Crippen LogP contribution < -0.4 is 19.8 Å². The van der Waals surface area contributed by atoms with Crippen LogP contribution in [0.4, 0.5) is 5.95 Å². The molecule has 1 aliphatic rings. The van der Waals surface area contributed by atoms with Gasteiger partial charge < -0.3 is 19.3 Å². The quantitative estimate of drug-likeness (QED) is 0.571. The van der Waals surface area contributed by atoms with Crippen molar-refractivity contribution in [2.75, 3.05) is 44.8 Å². The van der Waals surface area contributed by atoms with Gasteiger partial charge in [-0.1, -0.05) is 0 Å². The zero-order valence-electron chi connectivity index (χ0n) is 18.0. The van der Waals surface area contributed by atoms with Crippen molar-refractivity contribution < 1.29 is 14.3 Å². The predicted molar refractivity (Wildman–Crippen MR) is 118 cm³/mol. The van der Waals surface area contributed by atoms with Gasteiger partial charge >= 0.3 is 0 Å². The number of nitrogens with zero attached hydrogens (tertiary/aromatic N) is 6. The Hall–Kier alpha value is -3.95. The summed E-state index contributed by atoms with van der Waals surface area (Å²) >= 11 is 0. The van der Waals surface area contributed by atoms with E-state index < -0.39 is 11.3 Å². The van der Waals surface area contributed by atoms with Gasteiger partial charge in [0.2, 0.25) is 17.3 Å². The fourth-order valence-electron chi connectivity index (χ4n) is 3.46. The van der Waals surface area contributed by atoms with Gasteiger partial charge in [0.1, 0.15) is 5.75 Å². The largest absolute Gasteiger partial charge is 0.497 e. The standard InChI is InChI=1S/C22H24N6O4/c1-3-32-19-15-18(29)20(25-28(19)16-5-7-17(31-2)8-6-16)21(30)26-11-13-27(14-12-26)22-23-9-4-10-24-22/h4-10,15H,3,11-14H2,1-2H3. The maximum Gasteiger partial charge on any atom is 0.278 e. The van der Waals surface area contributed by atoms with Crippen LogP contribution >= 0.6 is 0 Å². The van der Waals surface area contributed by atoms with E-state index in [1.54, 1.807) is 54.7 Å². The van der Waals surface area contributed by atoms with E-state index in [1.807, 2.05) is 11.8 Å². The maximum absolute atomic E-state index is 13.2. The summed E-state index contributed by atoms with van der Waals surface area (Å²) in [7, 11) is 1.58. The first-order valence-electron chi connectivity index (χ1n) is 10.3. The van der Waals surface area contributed by atoms with Gasteiger partial charge in [0.25, 0.3) is 5.91 Å². The molecule has 2 aromatic heterocycles. The van der Waals surface area contributed by atoms with Crippen molar-refractivity contribution in [2.45, 2.75) is 6.92 Å². The first-order chi connectivity index (χ1) is 15.6. The van der Waals surface area contributed by atoms with Crippen molar-refractivity contribution in [2.24, 2.45) is 0 Å². The van der Waals surface area contributed by atoms with Gasteiger partial charge in [-0.3, -0.25) is 9.59 Å². The van der Waals surface area contributed by atoms with Crippen LogP contribution in [0.15, 0.2) is 53.6 Å². The van der Waals surface area contributed by atoms with E-state index in [4.69, 9.17) is 9.47 Å². The molecule has 0 spiro atoms. The molecule has 0 unspecified atom stereocenters. The molecule has 4 rings (SSSR count). The third kappa shape index (κ3) is 4.39. The number of hydrogen-bond acceptors (Lipinski definition) is 8. The Kier molecular flexibility index (Phi) is 6.29. The predicted octanol–water partition coefficient (Wildman–Crippen LogP) is 1.39. The highest BCUT2D eigenvalue weighted by Gasteiger charge is 2.27. The average Bonchev–Trinajstić information content (AvgIpc) is 2.85. The van der Waals surface area contributed by atoms with Crippen LogP contribution in [0.2, 0.25) is 0 Å². The molecule has 3 heterocycles. The first kappa shape index (κ1) is 21.3. The van der Waals surface area contributed by atoms with Crippen molar-refractivity contribution in [1.82, 2.24) is 24.6 Å². The minimum Gasteiger partial charge on any atom is -0.497 e. The third-order valence-corrected chi connectivity index (χ3v) is 5.11. The summed E-state index contributed by atoms with van der Waals surface area (Å²) in [5.41, 5.74) is 0.0278. The van der Waals surface area contributed by atoms with Crippen molar-refractivity contribution in [3.05, 3.63) is 64.7 Å². The molecule has 0 atom stereocenters. The topological polar surface area (TPSA) is 103 Å². The van der Waals surface area contributed by atoms with Crippen molar-refractivity contribution >= 4 is 11.9 Å². The Morgan fingerprint density at radius 1 is 1.06 bits per heavy atom. The van der Waals surface area contributed by atoms with Gasteiger partial charge in [0.15, 0.2) is 5.69 Å². The summed E-state index contributed by atoms with van der Waals surface area (Å²) in [6, 6.07) is 10.2. The number of carbonyl (C=O) groups is 1. The van der Waals surface area contributed by atoms with E-state index in [2.05, 4.69) is 15.1 Å². The lowest BCUT2D eigenvalue weighted by molar-refractivity contribution is 0.0736. The second-order valence-corrected chi connectivity index (χ2v) is 7.07. The summed E-state index contributed by atoms with van der Waals surface area (Å²) < 4.78 is 12.3. The molecule has 0 N–H and O–H groups in total. The molecule has 1 aliphatic heterocycles. The van der Waals surface area contributed by atoms with Crippen molar-refractivity contribution in [3.8, 4) is 17.3 Å². The number of ether oxygens (including phenoxy) is 2. The highest BCUT2D eigenvalue weighted by atomic mass is 16.5. The number of anilines is 1. The SMILES string of the molecule is CCOc1cc(=O)c(C(=O)N2CCN(c3ncccn3)CC2)nn1-c1ccc(OC)cc1. The van der Waals surface area contributed by atoms with Gasteiger partial charge in [-0.25, -0.2) is 14.6 Å². The normalized spacial score (nSPS) is 13.7. The molecule has 0 radical (unpaired) electrons. The molecule has 32 heavy (non-hydrogen) atoms. The van der Waals surface area contributed by atoms with Gasteiger partial charge in [-0.15, -0.1) is 0 Å². The van der Waals surface area contributed by atoms with Crippen LogP contribution in [0.1, 0.15) is 17.4 Å². The van der Waals surface area contributed by atoms with Gasteiger partial charge in [-0.05, 0) is 37.3 Å². The molecule has 0 bridgehead atoms. The minimum absolute atomic E-state index is 0.145. The molecule has 10 heteroatoms. The fraction of sp³-hybridized carbons (Fsp3) is 0.318. The molecule has 3 aromatic rings. The molecule has 1 amide bonds. The first-order valence-corrected chi connectivity index (χ1v) is 10.3. The maximum atomic E-state index is 13.2. The molecule has 0 saturated carbocycles. The molecule has 0 aliphatic carbocycles. The van der Waals surface area contributed by atoms with Gasteiger partial charge in [0.05, 0.1) is 25.5 Å². The van der Waals surface area contributed by atoms with Crippen LogP contribution in [-0.4, -0.2) is 70.5 Å². The van der Waals surface area contributed by atoms with E-state index in [0.29, 0.717) is 50.2 Å². The molecule has 10 nitrogen and oxygen atoms in total. The number of amides is 1. The Morgan fingerprint density at radius 2 is 1.75 bits per heavy atom. The van der Waals surface area contributed by atoms with Gasteiger partial charge in [-0.2, -0.15) is 5.10 Å². The highest BCUT2D eigenvalue weighted by molar-refractivity contribution is 5.92. The summed E-state index contributed by atoms with van der Waals surface area (Å²) in [6.45, 7) is 4.19. The summed E-state index contributed by atoms with van der Waals surface area (Å²) in [5.74, 6) is 1.17. The lowest BCUT2D eigenvalue weighted by Gasteiger charge is -2.34. The molecule has 1 fully saturated rings. The molecule has 1 saturated heterocycles. The number of methoxy groups -OCH3 is 1. The second-order valence-electron chi connectivity index (χ2n) is 7.07. The summed E-state index contributed by atoms with van der Waals surface area (Å²) in [5, 5.41) is 4.38. The van der Waals surface area contributed by atoms with E-state index in [9.17, 15) is 9.59 Å². The Labute approximate surface area is 185 Å². The summed E-state index contributed by atoms with van der Waals surface area (Å²) in [6.07, 6.45) is 3.37. The van der Waals surface area contributed by atoms with E-state index >= 15 is 0 Å². The molecular formula is C22H24N6O4. The van der Waals surface area contributed by atoms with Crippen LogP contribution in [0, 0.1) is 0 Å². The van der Waals surface area contributed by atoms with Crippen LogP contribution in [0.25, 0.3) is 5.69 Å². The third-order valence-electron chi connectivity index (χ3n) is 5.11.